The Hall–Kier alpha value is -1.67. The van der Waals surface area contributed by atoms with E-state index in [1.165, 1.54) is 18.0 Å². The van der Waals surface area contributed by atoms with Crippen molar-refractivity contribution in [3.8, 4) is 0 Å². The van der Waals surface area contributed by atoms with E-state index < -0.39 is 46.6 Å². The summed E-state index contributed by atoms with van der Waals surface area (Å²) in [6.45, 7) is -0.191. The number of rotatable bonds is 8. The summed E-state index contributed by atoms with van der Waals surface area (Å²) in [6.07, 6.45) is 1.71. The van der Waals surface area contributed by atoms with Crippen molar-refractivity contribution in [3.63, 3.8) is 0 Å². The Morgan fingerprint density at radius 1 is 1.17 bits per heavy atom. The predicted octanol–water partition coefficient (Wildman–Crippen LogP) is -4.52. The molecular formula is C15H33N7O12P2. The van der Waals surface area contributed by atoms with Crippen molar-refractivity contribution in [1.82, 2.24) is 26.1 Å². The second-order valence-electron chi connectivity index (χ2n) is 7.26. The molecule has 2 aliphatic heterocycles. The first-order valence-electron chi connectivity index (χ1n) is 9.89. The monoisotopic (exact) mass is 565 g/mol. The predicted molar refractivity (Wildman–Crippen MR) is 119 cm³/mol. The molecule has 4 rings (SSSR count). The number of nitrogens with zero attached hydrogens (tertiary/aromatic N) is 3. The van der Waals surface area contributed by atoms with E-state index in [4.69, 9.17) is 10.5 Å². The average molecular weight is 565 g/mol. The minimum absolute atomic E-state index is 0. The van der Waals surface area contributed by atoms with Crippen molar-refractivity contribution in [2.75, 3.05) is 32.1 Å². The van der Waals surface area contributed by atoms with Gasteiger partial charge in [-0.05, 0) is 12.8 Å². The normalized spacial score (nSPS) is 26.3. The van der Waals surface area contributed by atoms with Crippen molar-refractivity contribution in [3.05, 3.63) is 12.7 Å². The number of quaternary nitrogens is 2. The molecule has 6 atom stereocenters. The van der Waals surface area contributed by atoms with E-state index in [-0.39, 0.29) is 30.3 Å². The maximum Gasteiger partial charge on any atom is 0.274 e. The number of hydrogen-bond acceptors (Lipinski definition) is 14. The fraction of sp³-hybridized carbons (Fsp3) is 0.667. The lowest BCUT2D eigenvalue weighted by Gasteiger charge is -2.31. The second-order valence-corrected chi connectivity index (χ2v) is 10.2. The van der Waals surface area contributed by atoms with Crippen molar-refractivity contribution >= 4 is 32.6 Å². The molecule has 19 nitrogen and oxygen atoms in total. The number of ether oxygens (including phenoxy) is 1. The number of hydrogen-bond donors (Lipinski definition) is 6. The van der Waals surface area contributed by atoms with Gasteiger partial charge in [0, 0.05) is 6.61 Å². The zero-order valence-corrected chi connectivity index (χ0v) is 21.0. The number of nitrogens with two attached hydrogens (primary N) is 2. The number of aliphatic hydroxyl groups is 2. The molecule has 0 saturated carbocycles. The van der Waals surface area contributed by atoms with E-state index in [1.807, 2.05) is 0 Å². The molecule has 2 fully saturated rings. The van der Waals surface area contributed by atoms with Gasteiger partial charge in [-0.25, -0.2) is 19.3 Å². The number of imidazole rings is 1. The number of phosphoric ester groups is 2. The molecule has 2 aliphatic rings. The fourth-order valence-electron chi connectivity index (χ4n) is 3.13. The lowest BCUT2D eigenvalue weighted by atomic mass is 10.1. The summed E-state index contributed by atoms with van der Waals surface area (Å²) in [5.74, 6) is 0.433. The highest BCUT2D eigenvalue weighted by atomic mass is 31.3. The molecule has 2 aromatic heterocycles. The van der Waals surface area contributed by atoms with E-state index in [0.29, 0.717) is 30.0 Å². The number of nitrogen functional groups attached to an aromatic ring is 1. The Morgan fingerprint density at radius 2 is 1.83 bits per heavy atom. The molecule has 0 amide bonds. The quantitative estimate of drug-likeness (QED) is 0.164. The molecule has 2 saturated heterocycles. The SMILES string of the molecule is Nc1ncnc2nc[nH]c12.O.O.O=P([O-])(OC[C@@H]1CCCO1)OP(=O)([O-])OC[C@H]1[NH2+]CC(O)[C@H]1O.[NH4+]. The lowest BCUT2D eigenvalue weighted by Crippen LogP contribution is -2.89. The van der Waals surface area contributed by atoms with Gasteiger partial charge in [-0.1, -0.05) is 0 Å². The highest BCUT2D eigenvalue weighted by molar-refractivity contribution is 7.59. The number of aliphatic hydroxyl groups excluding tert-OH is 2. The first kappa shape index (κ1) is 34.3. The molecule has 0 aromatic carbocycles. The van der Waals surface area contributed by atoms with E-state index in [9.17, 15) is 29.1 Å². The van der Waals surface area contributed by atoms with Crippen LogP contribution in [0.3, 0.4) is 0 Å². The minimum atomic E-state index is -5.18. The Kier molecular flexibility index (Phi) is 14.2. The maximum absolute atomic E-state index is 11.5. The van der Waals surface area contributed by atoms with Gasteiger partial charge in [0.05, 0.1) is 19.0 Å². The summed E-state index contributed by atoms with van der Waals surface area (Å²) in [5, 5.41) is 20.3. The Balaban J connectivity index is 0.000000794. The molecule has 4 heterocycles. The third-order valence-corrected chi connectivity index (χ3v) is 7.36. The summed E-state index contributed by atoms with van der Waals surface area (Å²) < 4.78 is 41.0. The first-order chi connectivity index (χ1) is 15.6. The molecule has 0 bridgehead atoms. The molecule has 15 N–H and O–H groups in total. The second kappa shape index (κ2) is 14.9. The van der Waals surface area contributed by atoms with Gasteiger partial charge >= 0.3 is 0 Å². The molecule has 0 spiro atoms. The van der Waals surface area contributed by atoms with Crippen molar-refractivity contribution in [2.45, 2.75) is 37.2 Å². The molecular weight excluding hydrogens is 532 g/mol. The van der Waals surface area contributed by atoms with E-state index in [1.54, 1.807) is 0 Å². The zero-order valence-electron chi connectivity index (χ0n) is 19.3. The van der Waals surface area contributed by atoms with Crippen LogP contribution in [-0.2, 0) is 27.2 Å². The van der Waals surface area contributed by atoms with E-state index in [0.717, 1.165) is 6.42 Å². The van der Waals surface area contributed by atoms with Gasteiger partial charge in [-0.2, -0.15) is 0 Å². The number of aromatic nitrogens is 4. The largest absolute Gasteiger partial charge is 0.756 e. The molecule has 0 radical (unpaired) electrons. The highest BCUT2D eigenvalue weighted by Crippen LogP contribution is 2.55. The molecule has 2 aromatic rings. The summed E-state index contributed by atoms with van der Waals surface area (Å²) in [7, 11) is -10.3. The van der Waals surface area contributed by atoms with Crippen LogP contribution in [0.1, 0.15) is 12.8 Å². The molecule has 3 unspecified atom stereocenters. The number of phosphoric acid groups is 2. The van der Waals surface area contributed by atoms with Crippen LogP contribution in [0.4, 0.5) is 5.82 Å². The van der Waals surface area contributed by atoms with E-state index >= 15 is 0 Å². The van der Waals surface area contributed by atoms with Crippen LogP contribution in [0.15, 0.2) is 12.7 Å². The topological polar surface area (TPSA) is 354 Å². The van der Waals surface area contributed by atoms with Crippen LogP contribution < -0.4 is 27.0 Å². The summed E-state index contributed by atoms with van der Waals surface area (Å²) in [4.78, 5) is 37.4. The fourth-order valence-corrected chi connectivity index (χ4v) is 5.19. The average Bonchev–Trinajstić information content (AvgIpc) is 3.49. The number of nitrogens with one attached hydrogen (secondary N) is 1. The van der Waals surface area contributed by atoms with Gasteiger partial charge < -0.3 is 66.9 Å². The summed E-state index contributed by atoms with van der Waals surface area (Å²) >= 11 is 0. The van der Waals surface area contributed by atoms with Gasteiger partial charge in [0.15, 0.2) is 11.5 Å². The molecule has 21 heteroatoms. The number of fused-ring (bicyclic) bond motifs is 1. The van der Waals surface area contributed by atoms with Crippen molar-refractivity contribution in [1.29, 1.82) is 0 Å². The number of anilines is 1. The van der Waals surface area contributed by atoms with Crippen molar-refractivity contribution < 1.29 is 63.5 Å². The Bertz CT molecular complexity index is 1010. The summed E-state index contributed by atoms with van der Waals surface area (Å²) in [6, 6.07) is -0.741. The van der Waals surface area contributed by atoms with Crippen LogP contribution in [0.2, 0.25) is 0 Å². The first-order valence-corrected chi connectivity index (χ1v) is 12.8. The van der Waals surface area contributed by atoms with Crippen LogP contribution in [-0.4, -0.2) is 91.8 Å². The Labute approximate surface area is 204 Å². The third-order valence-electron chi connectivity index (χ3n) is 4.83. The van der Waals surface area contributed by atoms with Gasteiger partial charge in [0.1, 0.15) is 43.2 Å². The van der Waals surface area contributed by atoms with Gasteiger partial charge in [0.25, 0.3) is 15.6 Å². The molecule has 210 valence electrons. The van der Waals surface area contributed by atoms with Gasteiger partial charge in [-0.3, -0.25) is 9.13 Å². The van der Waals surface area contributed by atoms with Gasteiger partial charge in [-0.15, -0.1) is 0 Å². The van der Waals surface area contributed by atoms with Crippen LogP contribution >= 0.6 is 15.6 Å². The number of aromatic amines is 1. The third kappa shape index (κ3) is 10.0. The molecule has 36 heavy (non-hydrogen) atoms. The zero-order chi connectivity index (χ0) is 24.1. The smallest absolute Gasteiger partial charge is 0.274 e. The molecule has 0 aliphatic carbocycles. The van der Waals surface area contributed by atoms with Crippen LogP contribution in [0.5, 0.6) is 0 Å². The number of H-pyrrole nitrogens is 1. The van der Waals surface area contributed by atoms with Crippen LogP contribution in [0, 0.1) is 0 Å². The summed E-state index contributed by atoms with van der Waals surface area (Å²) in [5.41, 5.74) is 6.78. The highest BCUT2D eigenvalue weighted by Gasteiger charge is 2.38. The van der Waals surface area contributed by atoms with Crippen LogP contribution in [0.25, 0.3) is 11.2 Å². The van der Waals surface area contributed by atoms with Gasteiger partial charge in [0.2, 0.25) is 0 Å². The van der Waals surface area contributed by atoms with E-state index in [2.05, 4.69) is 33.3 Å². The standard InChI is InChI=1S/C10H21NO10P2.C5H5N5.H3N.2H2O/c12-9-4-11-8(10(9)13)6-20-23(16,17)21-22(14,15)19-5-7-2-1-3-18-7;6-4-3-5(9-1-7-3)10-2-8-4;;;/h7-13H,1-6H2,(H,14,15)(H,16,17);1-2H,(H3,6,7,8,9,10);1H3;2*1H2/t7-,8+,9?,10-;;;;/m0..../s1. The lowest BCUT2D eigenvalue weighted by molar-refractivity contribution is -0.676. The minimum Gasteiger partial charge on any atom is -0.756 e. The Morgan fingerprint density at radius 3 is 2.39 bits per heavy atom. The van der Waals surface area contributed by atoms with Crippen molar-refractivity contribution in [2.24, 2.45) is 0 Å². The maximum atomic E-state index is 11.5.